The number of hydrogen-bond acceptors (Lipinski definition) is 6. The van der Waals surface area contributed by atoms with E-state index in [0.717, 1.165) is 16.8 Å². The molecule has 0 saturated carbocycles. The highest BCUT2D eigenvalue weighted by Crippen LogP contribution is 2.27. The molecule has 8 nitrogen and oxygen atoms in total. The van der Waals surface area contributed by atoms with Crippen LogP contribution in [0.5, 0.6) is 5.75 Å². The van der Waals surface area contributed by atoms with Crippen LogP contribution in [0.2, 0.25) is 0 Å². The molecule has 2 rings (SSSR count). The molecular weight excluding hydrogens is 440 g/mol. The van der Waals surface area contributed by atoms with Crippen LogP contribution in [0.4, 0.5) is 5.69 Å². The Morgan fingerprint density at radius 1 is 1.06 bits per heavy atom. The highest BCUT2D eigenvalue weighted by molar-refractivity contribution is 7.92. The van der Waals surface area contributed by atoms with Gasteiger partial charge < -0.3 is 10.1 Å². The molecule has 0 radical (unpaired) electrons. The molecule has 2 aromatic carbocycles. The number of benzene rings is 2. The van der Waals surface area contributed by atoms with Crippen molar-refractivity contribution in [1.29, 1.82) is 0 Å². The molecule has 0 bridgehead atoms. The molecule has 1 N–H and O–H groups in total. The number of amides is 1. The van der Waals surface area contributed by atoms with Crippen LogP contribution in [0.15, 0.2) is 53.4 Å². The Balaban J connectivity index is 2.31. The lowest BCUT2D eigenvalue weighted by Gasteiger charge is -2.31. The van der Waals surface area contributed by atoms with Crippen molar-refractivity contribution in [3.05, 3.63) is 54.1 Å². The third-order valence-electron chi connectivity index (χ3n) is 4.80. The van der Waals surface area contributed by atoms with Gasteiger partial charge in [0, 0.05) is 12.3 Å². The third kappa shape index (κ3) is 6.20. The first kappa shape index (κ1) is 24.7. The lowest BCUT2D eigenvalue weighted by atomic mass is 10.1. The maximum absolute atomic E-state index is 13.1. The van der Waals surface area contributed by atoms with Crippen LogP contribution in [-0.2, 0) is 24.7 Å². The van der Waals surface area contributed by atoms with Gasteiger partial charge in [0.1, 0.15) is 11.8 Å². The SMILES string of the molecule is CCC(C(=O)NC(C)c1ccc(S(C)(=O)=O)cc1)N(c1cccc(OC)c1)S(C)(=O)=O. The standard InChI is InChI=1S/C21H28N2O6S2/c1-6-20(23(31(5,27)28)17-8-7-9-18(14-17)29-3)21(24)22-15(2)16-10-12-19(13-11-16)30(4,25)26/h7-15,20H,6H2,1-5H3,(H,22,24). The molecule has 2 unspecified atom stereocenters. The van der Waals surface area contributed by atoms with Crippen LogP contribution in [0.25, 0.3) is 0 Å². The fraction of sp³-hybridized carbons (Fsp3) is 0.381. The Labute approximate surface area is 184 Å². The molecule has 2 aromatic rings. The largest absolute Gasteiger partial charge is 0.497 e. The van der Waals surface area contributed by atoms with Crippen LogP contribution < -0.4 is 14.4 Å². The summed E-state index contributed by atoms with van der Waals surface area (Å²) in [6.07, 6.45) is 2.42. The maximum Gasteiger partial charge on any atom is 0.244 e. The Morgan fingerprint density at radius 3 is 2.16 bits per heavy atom. The van der Waals surface area contributed by atoms with Crippen molar-refractivity contribution in [1.82, 2.24) is 5.32 Å². The van der Waals surface area contributed by atoms with Crippen molar-refractivity contribution in [2.45, 2.75) is 37.2 Å². The predicted octanol–water partition coefficient (Wildman–Crippen LogP) is 2.52. The van der Waals surface area contributed by atoms with E-state index in [9.17, 15) is 21.6 Å². The van der Waals surface area contributed by atoms with E-state index in [0.29, 0.717) is 17.0 Å². The van der Waals surface area contributed by atoms with Crippen molar-refractivity contribution in [2.75, 3.05) is 23.9 Å². The number of anilines is 1. The summed E-state index contributed by atoms with van der Waals surface area (Å²) in [5, 5.41) is 2.83. The maximum atomic E-state index is 13.1. The minimum absolute atomic E-state index is 0.183. The second kappa shape index (κ2) is 9.69. The smallest absolute Gasteiger partial charge is 0.244 e. The first-order valence-corrected chi connectivity index (χ1v) is 13.4. The molecule has 0 heterocycles. The number of ether oxygens (including phenoxy) is 1. The summed E-state index contributed by atoms with van der Waals surface area (Å²) in [6, 6.07) is 11.3. The molecule has 0 spiro atoms. The number of rotatable bonds is 9. The van der Waals surface area contributed by atoms with E-state index in [1.165, 1.54) is 19.2 Å². The molecule has 2 atom stereocenters. The Morgan fingerprint density at radius 2 is 1.68 bits per heavy atom. The predicted molar refractivity (Wildman–Crippen MR) is 121 cm³/mol. The Bertz CT molecular complexity index is 1130. The fourth-order valence-electron chi connectivity index (χ4n) is 3.20. The molecule has 10 heteroatoms. The van der Waals surface area contributed by atoms with Gasteiger partial charge in [-0.05, 0) is 43.2 Å². The monoisotopic (exact) mass is 468 g/mol. The summed E-state index contributed by atoms with van der Waals surface area (Å²) in [5.74, 6) is 0.0104. The van der Waals surface area contributed by atoms with E-state index in [-0.39, 0.29) is 11.3 Å². The molecule has 0 aromatic heterocycles. The number of nitrogens with zero attached hydrogens (tertiary/aromatic N) is 1. The highest BCUT2D eigenvalue weighted by atomic mass is 32.2. The Hall–Kier alpha value is -2.59. The highest BCUT2D eigenvalue weighted by Gasteiger charge is 2.32. The zero-order valence-electron chi connectivity index (χ0n) is 18.2. The van der Waals surface area contributed by atoms with Gasteiger partial charge in [0.05, 0.1) is 30.0 Å². The van der Waals surface area contributed by atoms with Gasteiger partial charge in [-0.1, -0.05) is 25.1 Å². The van der Waals surface area contributed by atoms with Crippen molar-refractivity contribution < 1.29 is 26.4 Å². The van der Waals surface area contributed by atoms with E-state index >= 15 is 0 Å². The van der Waals surface area contributed by atoms with Crippen molar-refractivity contribution in [3.8, 4) is 5.75 Å². The number of carbonyl (C=O) groups excluding carboxylic acids is 1. The Kier molecular flexibility index (Phi) is 7.72. The number of methoxy groups -OCH3 is 1. The quantitative estimate of drug-likeness (QED) is 0.606. The van der Waals surface area contributed by atoms with Gasteiger partial charge in [0.15, 0.2) is 9.84 Å². The zero-order chi connectivity index (χ0) is 23.4. The van der Waals surface area contributed by atoms with Crippen LogP contribution in [-0.4, -0.2) is 48.4 Å². The van der Waals surface area contributed by atoms with Gasteiger partial charge in [0.2, 0.25) is 15.9 Å². The van der Waals surface area contributed by atoms with Crippen LogP contribution in [0, 0.1) is 0 Å². The van der Waals surface area contributed by atoms with Crippen LogP contribution in [0.3, 0.4) is 0 Å². The summed E-state index contributed by atoms with van der Waals surface area (Å²) in [7, 11) is -5.62. The minimum atomic E-state index is -3.77. The fourth-order valence-corrected chi connectivity index (χ4v) is 5.04. The lowest BCUT2D eigenvalue weighted by molar-refractivity contribution is -0.122. The minimum Gasteiger partial charge on any atom is -0.497 e. The number of sulfonamides is 1. The van der Waals surface area contributed by atoms with Crippen molar-refractivity contribution in [2.24, 2.45) is 0 Å². The molecule has 170 valence electrons. The molecule has 0 aliphatic carbocycles. The number of hydrogen-bond donors (Lipinski definition) is 1. The van der Waals surface area contributed by atoms with Gasteiger partial charge in [-0.2, -0.15) is 0 Å². The van der Waals surface area contributed by atoms with Gasteiger partial charge in [0.25, 0.3) is 0 Å². The third-order valence-corrected chi connectivity index (χ3v) is 7.11. The van der Waals surface area contributed by atoms with E-state index in [4.69, 9.17) is 4.74 Å². The molecular formula is C21H28N2O6S2. The van der Waals surface area contributed by atoms with Crippen LogP contribution in [0.1, 0.15) is 31.9 Å². The summed E-state index contributed by atoms with van der Waals surface area (Å²) >= 11 is 0. The number of sulfone groups is 1. The first-order valence-electron chi connectivity index (χ1n) is 9.62. The lowest BCUT2D eigenvalue weighted by Crippen LogP contribution is -2.49. The second-order valence-electron chi connectivity index (χ2n) is 7.26. The summed E-state index contributed by atoms with van der Waals surface area (Å²) in [5.41, 5.74) is 1.02. The van der Waals surface area contributed by atoms with Crippen LogP contribution >= 0.6 is 0 Å². The van der Waals surface area contributed by atoms with Crippen molar-refractivity contribution in [3.63, 3.8) is 0 Å². The summed E-state index contributed by atoms with van der Waals surface area (Å²) < 4.78 is 54.7. The van der Waals surface area contributed by atoms with Gasteiger partial charge in [-0.25, -0.2) is 16.8 Å². The molecule has 0 saturated heterocycles. The normalized spacial score (nSPS) is 13.8. The number of carbonyl (C=O) groups is 1. The van der Waals surface area contributed by atoms with Gasteiger partial charge >= 0.3 is 0 Å². The van der Waals surface area contributed by atoms with E-state index in [2.05, 4.69) is 5.32 Å². The van der Waals surface area contributed by atoms with E-state index < -0.39 is 37.9 Å². The van der Waals surface area contributed by atoms with Crippen molar-refractivity contribution >= 4 is 31.5 Å². The number of nitrogens with one attached hydrogen (secondary N) is 1. The molecule has 0 fully saturated rings. The summed E-state index contributed by atoms with van der Waals surface area (Å²) in [4.78, 5) is 13.2. The molecule has 1 amide bonds. The van der Waals surface area contributed by atoms with E-state index in [1.54, 1.807) is 50.2 Å². The van der Waals surface area contributed by atoms with E-state index in [1.807, 2.05) is 0 Å². The second-order valence-corrected chi connectivity index (χ2v) is 11.1. The zero-order valence-corrected chi connectivity index (χ0v) is 19.8. The molecule has 31 heavy (non-hydrogen) atoms. The molecule has 0 aliphatic rings. The topological polar surface area (TPSA) is 110 Å². The average molecular weight is 469 g/mol. The van der Waals surface area contributed by atoms with Gasteiger partial charge in [-0.15, -0.1) is 0 Å². The molecule has 0 aliphatic heterocycles. The first-order chi connectivity index (χ1) is 14.4. The van der Waals surface area contributed by atoms with Gasteiger partial charge in [-0.3, -0.25) is 9.10 Å². The summed E-state index contributed by atoms with van der Waals surface area (Å²) in [6.45, 7) is 3.48. The average Bonchev–Trinajstić information content (AvgIpc) is 2.70.